The molecular weight excluding hydrogens is 376 g/mol. The number of hydrogen-bond acceptors (Lipinski definition) is 4. The molecule has 0 bridgehead atoms. The van der Waals surface area contributed by atoms with Crippen molar-refractivity contribution in [3.63, 3.8) is 0 Å². The molecule has 0 spiro atoms. The summed E-state index contributed by atoms with van der Waals surface area (Å²) in [6.07, 6.45) is 3.59. The number of nitrogens with zero attached hydrogens (tertiary/aromatic N) is 1. The van der Waals surface area contributed by atoms with Crippen LogP contribution >= 0.6 is 22.9 Å². The minimum atomic E-state index is -3.60. The molecule has 1 saturated heterocycles. The topological polar surface area (TPSA) is 49.4 Å². The van der Waals surface area contributed by atoms with Gasteiger partial charge in [0.1, 0.15) is 0 Å². The summed E-state index contributed by atoms with van der Waals surface area (Å²) in [4.78, 5) is 2.64. The average Bonchev–Trinajstić information content (AvgIpc) is 3.12. The van der Waals surface area contributed by atoms with Crippen molar-refractivity contribution < 1.29 is 8.42 Å². The lowest BCUT2D eigenvalue weighted by Gasteiger charge is -2.34. The third kappa shape index (κ3) is 4.63. The molecule has 7 heteroatoms. The summed E-state index contributed by atoms with van der Waals surface area (Å²) in [5.74, 6) is 0. The molecule has 0 radical (unpaired) electrons. The van der Waals surface area contributed by atoms with E-state index in [0.29, 0.717) is 17.1 Å². The number of sulfonamides is 1. The van der Waals surface area contributed by atoms with Crippen LogP contribution in [-0.2, 0) is 10.0 Å². The minimum Gasteiger partial charge on any atom is -0.295 e. The molecule has 4 nitrogen and oxygen atoms in total. The minimum absolute atomic E-state index is 0.0702. The van der Waals surface area contributed by atoms with E-state index in [9.17, 15) is 8.42 Å². The highest BCUT2D eigenvalue weighted by molar-refractivity contribution is 7.89. The summed E-state index contributed by atoms with van der Waals surface area (Å²) >= 11 is 7.63. The molecule has 1 fully saturated rings. The molecule has 0 amide bonds. The molecule has 2 aromatic rings. The summed E-state index contributed by atoms with van der Waals surface area (Å²) in [5, 5.41) is 4.58. The number of benzene rings is 1. The van der Waals surface area contributed by atoms with Crippen LogP contribution in [0.3, 0.4) is 0 Å². The van der Waals surface area contributed by atoms with Gasteiger partial charge in [-0.15, -0.1) is 0 Å². The molecule has 2 heterocycles. The van der Waals surface area contributed by atoms with E-state index in [2.05, 4.69) is 21.1 Å². The Kier molecular flexibility index (Phi) is 6.17. The zero-order valence-corrected chi connectivity index (χ0v) is 16.6. The number of piperidine rings is 1. The number of nitrogens with one attached hydrogen (secondary N) is 1. The van der Waals surface area contributed by atoms with Gasteiger partial charge in [-0.05, 0) is 72.9 Å². The van der Waals surface area contributed by atoms with Gasteiger partial charge in [0, 0.05) is 17.6 Å². The van der Waals surface area contributed by atoms with Crippen LogP contribution in [0.2, 0.25) is 5.02 Å². The smallest absolute Gasteiger partial charge is 0.240 e. The van der Waals surface area contributed by atoms with Crippen LogP contribution in [-0.4, -0.2) is 33.0 Å². The molecule has 3 rings (SSSR count). The second-order valence-corrected chi connectivity index (χ2v) is 9.38. The van der Waals surface area contributed by atoms with E-state index in [-0.39, 0.29) is 10.9 Å². The lowest BCUT2D eigenvalue weighted by atomic mass is 10.0. The van der Waals surface area contributed by atoms with E-state index in [4.69, 9.17) is 11.6 Å². The number of aryl methyl sites for hydroxylation is 1. The van der Waals surface area contributed by atoms with Crippen molar-refractivity contribution in [3.05, 3.63) is 51.2 Å². The summed E-state index contributed by atoms with van der Waals surface area (Å²) in [7, 11) is -3.60. The van der Waals surface area contributed by atoms with Gasteiger partial charge in [0.2, 0.25) is 10.0 Å². The van der Waals surface area contributed by atoms with Crippen molar-refractivity contribution in [3.8, 4) is 0 Å². The third-order valence-corrected chi connectivity index (χ3v) is 7.17. The Bertz CT molecular complexity index is 800. The Morgan fingerprint density at radius 2 is 2.00 bits per heavy atom. The lowest BCUT2D eigenvalue weighted by Crippen LogP contribution is -2.40. The number of likely N-dealkylation sites (tertiary alicyclic amines) is 1. The second kappa shape index (κ2) is 8.18. The molecule has 1 aliphatic rings. The number of rotatable bonds is 6. The van der Waals surface area contributed by atoms with Crippen LogP contribution in [0.1, 0.15) is 36.4 Å². The summed E-state index contributed by atoms with van der Waals surface area (Å²) in [6, 6.07) is 7.11. The molecule has 1 aromatic carbocycles. The lowest BCUT2D eigenvalue weighted by molar-refractivity contribution is 0.165. The Labute approximate surface area is 158 Å². The van der Waals surface area contributed by atoms with Crippen LogP contribution in [0.15, 0.2) is 39.9 Å². The fourth-order valence-corrected chi connectivity index (χ4v) is 5.53. The Hall–Kier alpha value is -0.920. The molecule has 1 atom stereocenters. The van der Waals surface area contributed by atoms with Crippen LogP contribution in [0, 0.1) is 6.92 Å². The number of thiophene rings is 1. The van der Waals surface area contributed by atoms with Crippen LogP contribution in [0.25, 0.3) is 0 Å². The first-order valence-electron chi connectivity index (χ1n) is 8.49. The van der Waals surface area contributed by atoms with Gasteiger partial charge in [0.05, 0.1) is 4.90 Å². The van der Waals surface area contributed by atoms with Crippen molar-refractivity contribution in [1.82, 2.24) is 9.62 Å². The third-order valence-electron chi connectivity index (χ3n) is 4.67. The number of halogens is 1. The molecule has 0 aliphatic carbocycles. The number of hydrogen-bond donors (Lipinski definition) is 1. The molecule has 1 aliphatic heterocycles. The molecule has 1 aromatic heterocycles. The summed E-state index contributed by atoms with van der Waals surface area (Å²) in [5.41, 5.74) is 1.87. The standard InChI is InChI=1S/C18H23ClN2O2S2/c1-14-5-6-16(19)11-18(14)25(22,23)20-12-17(15-7-10-24-13-15)21-8-3-2-4-9-21/h5-7,10-11,13,17,20H,2-4,8-9,12H2,1H3. The van der Waals surface area contributed by atoms with Gasteiger partial charge in [-0.3, -0.25) is 4.90 Å². The maximum absolute atomic E-state index is 12.8. The van der Waals surface area contributed by atoms with Gasteiger partial charge in [0.25, 0.3) is 0 Å². The SMILES string of the molecule is Cc1ccc(Cl)cc1S(=O)(=O)NCC(c1ccsc1)N1CCCCC1. The van der Waals surface area contributed by atoms with E-state index < -0.39 is 10.0 Å². The monoisotopic (exact) mass is 398 g/mol. The van der Waals surface area contributed by atoms with E-state index in [0.717, 1.165) is 13.1 Å². The van der Waals surface area contributed by atoms with Gasteiger partial charge >= 0.3 is 0 Å². The zero-order chi connectivity index (χ0) is 17.9. The van der Waals surface area contributed by atoms with Gasteiger partial charge in [-0.2, -0.15) is 11.3 Å². The van der Waals surface area contributed by atoms with Crippen molar-refractivity contribution in [1.29, 1.82) is 0 Å². The van der Waals surface area contributed by atoms with E-state index >= 15 is 0 Å². The van der Waals surface area contributed by atoms with E-state index in [1.165, 1.54) is 30.9 Å². The Morgan fingerprint density at radius 3 is 2.68 bits per heavy atom. The maximum atomic E-state index is 12.8. The fraction of sp³-hybridized carbons (Fsp3) is 0.444. The van der Waals surface area contributed by atoms with Gasteiger partial charge in [-0.1, -0.05) is 24.1 Å². The highest BCUT2D eigenvalue weighted by atomic mass is 35.5. The molecular formula is C18H23ClN2O2S2. The van der Waals surface area contributed by atoms with Gasteiger partial charge in [0.15, 0.2) is 0 Å². The highest BCUT2D eigenvalue weighted by Crippen LogP contribution is 2.27. The first kappa shape index (κ1) is 18.9. The Balaban J connectivity index is 1.79. The predicted octanol–water partition coefficient (Wildman–Crippen LogP) is 4.22. The summed E-state index contributed by atoms with van der Waals surface area (Å²) < 4.78 is 28.4. The fourth-order valence-electron chi connectivity index (χ4n) is 3.28. The molecule has 25 heavy (non-hydrogen) atoms. The van der Waals surface area contributed by atoms with Gasteiger partial charge in [-0.25, -0.2) is 13.1 Å². The first-order valence-corrected chi connectivity index (χ1v) is 11.3. The summed E-state index contributed by atoms with van der Waals surface area (Å²) in [6.45, 7) is 4.17. The largest absolute Gasteiger partial charge is 0.295 e. The van der Waals surface area contributed by atoms with Crippen LogP contribution < -0.4 is 4.72 Å². The Morgan fingerprint density at radius 1 is 1.24 bits per heavy atom. The predicted molar refractivity (Wildman–Crippen MR) is 104 cm³/mol. The van der Waals surface area contributed by atoms with Crippen LogP contribution in [0.5, 0.6) is 0 Å². The van der Waals surface area contributed by atoms with Crippen molar-refractivity contribution in [2.45, 2.75) is 37.1 Å². The zero-order valence-electron chi connectivity index (χ0n) is 14.2. The molecule has 1 N–H and O–H groups in total. The molecule has 1 unspecified atom stereocenters. The van der Waals surface area contributed by atoms with Gasteiger partial charge < -0.3 is 0 Å². The quantitative estimate of drug-likeness (QED) is 0.792. The maximum Gasteiger partial charge on any atom is 0.240 e. The second-order valence-electron chi connectivity index (χ2n) is 6.43. The molecule has 136 valence electrons. The molecule has 0 saturated carbocycles. The normalized spacial score (nSPS) is 17.5. The van der Waals surface area contributed by atoms with E-state index in [1.54, 1.807) is 30.4 Å². The average molecular weight is 399 g/mol. The van der Waals surface area contributed by atoms with Crippen molar-refractivity contribution in [2.75, 3.05) is 19.6 Å². The van der Waals surface area contributed by atoms with Crippen molar-refractivity contribution >= 4 is 33.0 Å². The van der Waals surface area contributed by atoms with Crippen molar-refractivity contribution in [2.24, 2.45) is 0 Å². The van der Waals surface area contributed by atoms with E-state index in [1.807, 2.05) is 5.38 Å². The van der Waals surface area contributed by atoms with Crippen LogP contribution in [0.4, 0.5) is 0 Å². The highest BCUT2D eigenvalue weighted by Gasteiger charge is 2.25. The first-order chi connectivity index (χ1) is 12.0.